The van der Waals surface area contributed by atoms with Crippen molar-refractivity contribution in [3.8, 4) is 0 Å². The molecule has 1 aliphatic heterocycles. The Morgan fingerprint density at radius 1 is 1.04 bits per heavy atom. The fourth-order valence-corrected chi connectivity index (χ4v) is 3.42. The van der Waals surface area contributed by atoms with Gasteiger partial charge in [-0.3, -0.25) is 4.72 Å². The lowest BCUT2D eigenvalue weighted by Gasteiger charge is -2.13. The van der Waals surface area contributed by atoms with Crippen molar-refractivity contribution >= 4 is 21.6 Å². The first kappa shape index (κ1) is 15.6. The molecule has 120 valence electrons. The minimum absolute atomic E-state index is 0.227. The first-order valence-corrected chi connectivity index (χ1v) is 8.82. The third kappa shape index (κ3) is 3.37. The highest BCUT2D eigenvalue weighted by Crippen LogP contribution is 2.24. The molecule has 6 heteroatoms. The van der Waals surface area contributed by atoms with E-state index in [1.165, 1.54) is 0 Å². The Morgan fingerprint density at radius 3 is 2.39 bits per heavy atom. The van der Waals surface area contributed by atoms with Crippen LogP contribution < -0.4 is 4.72 Å². The van der Waals surface area contributed by atoms with E-state index in [-0.39, 0.29) is 4.90 Å². The third-order valence-corrected chi connectivity index (χ3v) is 4.95. The van der Waals surface area contributed by atoms with Gasteiger partial charge in [0.2, 0.25) is 5.90 Å². The largest absolute Gasteiger partial charge is 0.475 e. The number of benzene rings is 2. The summed E-state index contributed by atoms with van der Waals surface area (Å²) in [5, 5.41) is 0. The van der Waals surface area contributed by atoms with Crippen LogP contribution in [0, 0.1) is 13.8 Å². The first-order valence-electron chi connectivity index (χ1n) is 7.33. The van der Waals surface area contributed by atoms with Crippen LogP contribution in [0.5, 0.6) is 0 Å². The van der Waals surface area contributed by atoms with Crippen molar-refractivity contribution < 1.29 is 13.2 Å². The van der Waals surface area contributed by atoms with E-state index < -0.39 is 10.0 Å². The smallest absolute Gasteiger partial charge is 0.261 e. The van der Waals surface area contributed by atoms with E-state index in [0.29, 0.717) is 30.3 Å². The molecule has 0 bridgehead atoms. The predicted octanol–water partition coefficient (Wildman–Crippen LogP) is 2.88. The molecule has 2 aromatic rings. The van der Waals surface area contributed by atoms with Gasteiger partial charge in [-0.2, -0.15) is 0 Å². The van der Waals surface area contributed by atoms with Crippen molar-refractivity contribution in [2.45, 2.75) is 18.7 Å². The molecule has 0 unspecified atom stereocenters. The quantitative estimate of drug-likeness (QED) is 0.937. The number of aryl methyl sites for hydroxylation is 2. The number of nitrogens with zero attached hydrogens (tertiary/aromatic N) is 1. The van der Waals surface area contributed by atoms with Crippen LogP contribution in [0.1, 0.15) is 16.7 Å². The Bertz CT molecular complexity index is 856. The molecule has 0 amide bonds. The van der Waals surface area contributed by atoms with Gasteiger partial charge in [0.1, 0.15) is 6.61 Å². The van der Waals surface area contributed by atoms with Gasteiger partial charge >= 0.3 is 0 Å². The van der Waals surface area contributed by atoms with Gasteiger partial charge < -0.3 is 4.74 Å². The van der Waals surface area contributed by atoms with Gasteiger partial charge in [-0.15, -0.1) is 0 Å². The zero-order valence-corrected chi connectivity index (χ0v) is 13.9. The van der Waals surface area contributed by atoms with E-state index in [1.807, 2.05) is 26.0 Å². The Balaban J connectivity index is 1.98. The average Bonchev–Trinajstić information content (AvgIpc) is 3.01. The maximum atomic E-state index is 12.6. The van der Waals surface area contributed by atoms with Gasteiger partial charge in [-0.1, -0.05) is 23.8 Å². The molecule has 0 saturated carbocycles. The number of ether oxygens (including phenoxy) is 1. The molecule has 1 aliphatic rings. The summed E-state index contributed by atoms with van der Waals surface area (Å²) in [6.45, 7) is 4.93. The SMILES string of the molecule is Cc1ccc(S(=O)(=O)Nc2cc(C)ccc2C2=NCCO2)cc1. The van der Waals surface area contributed by atoms with Crippen LogP contribution in [0.25, 0.3) is 0 Å². The van der Waals surface area contributed by atoms with Gasteiger partial charge in [-0.05, 0) is 43.7 Å². The topological polar surface area (TPSA) is 67.8 Å². The van der Waals surface area contributed by atoms with Crippen molar-refractivity contribution in [3.05, 3.63) is 59.2 Å². The molecular formula is C17H18N2O3S. The first-order chi connectivity index (χ1) is 11.0. The highest BCUT2D eigenvalue weighted by Gasteiger charge is 2.20. The summed E-state index contributed by atoms with van der Waals surface area (Å²) in [7, 11) is -3.66. The number of sulfonamides is 1. The van der Waals surface area contributed by atoms with Gasteiger partial charge in [0.25, 0.3) is 10.0 Å². The van der Waals surface area contributed by atoms with Crippen LogP contribution in [-0.4, -0.2) is 27.5 Å². The fourth-order valence-electron chi connectivity index (χ4n) is 2.35. The predicted molar refractivity (Wildman–Crippen MR) is 90.5 cm³/mol. The lowest BCUT2D eigenvalue weighted by molar-refractivity contribution is 0.348. The van der Waals surface area contributed by atoms with Crippen LogP contribution >= 0.6 is 0 Å². The normalized spacial score (nSPS) is 14.3. The number of hydrogen-bond acceptors (Lipinski definition) is 4. The Hall–Kier alpha value is -2.34. The standard InChI is InChI=1S/C17H18N2O3S/c1-12-3-6-14(7-4-12)23(20,21)19-16-11-13(2)5-8-15(16)17-18-9-10-22-17/h3-8,11,19H,9-10H2,1-2H3. The molecule has 0 spiro atoms. The highest BCUT2D eigenvalue weighted by atomic mass is 32.2. The molecule has 0 radical (unpaired) electrons. The van der Waals surface area contributed by atoms with Crippen molar-refractivity contribution in [1.82, 2.24) is 0 Å². The van der Waals surface area contributed by atoms with E-state index in [9.17, 15) is 8.42 Å². The maximum absolute atomic E-state index is 12.6. The summed E-state index contributed by atoms with van der Waals surface area (Å²) < 4.78 is 33.3. The van der Waals surface area contributed by atoms with E-state index >= 15 is 0 Å². The van der Waals surface area contributed by atoms with E-state index in [4.69, 9.17) is 4.74 Å². The highest BCUT2D eigenvalue weighted by molar-refractivity contribution is 7.92. The molecule has 0 aliphatic carbocycles. The molecule has 1 heterocycles. The number of aliphatic imine (C=N–C) groups is 1. The second-order valence-electron chi connectivity index (χ2n) is 5.50. The summed E-state index contributed by atoms with van der Waals surface area (Å²) in [6, 6.07) is 12.3. The maximum Gasteiger partial charge on any atom is 0.261 e. The van der Waals surface area contributed by atoms with E-state index in [1.54, 1.807) is 30.3 Å². The lowest BCUT2D eigenvalue weighted by atomic mass is 10.1. The summed E-state index contributed by atoms with van der Waals surface area (Å²) in [5.74, 6) is 0.478. The average molecular weight is 330 g/mol. The number of nitrogens with one attached hydrogen (secondary N) is 1. The number of rotatable bonds is 4. The number of hydrogen-bond donors (Lipinski definition) is 1. The van der Waals surface area contributed by atoms with Gasteiger partial charge in [0.05, 0.1) is 22.7 Å². The molecule has 5 nitrogen and oxygen atoms in total. The fraction of sp³-hybridized carbons (Fsp3) is 0.235. The monoisotopic (exact) mass is 330 g/mol. The van der Waals surface area contributed by atoms with Gasteiger partial charge in [-0.25, -0.2) is 13.4 Å². The minimum Gasteiger partial charge on any atom is -0.475 e. The second-order valence-corrected chi connectivity index (χ2v) is 7.19. The van der Waals surface area contributed by atoms with Crippen molar-refractivity contribution in [2.24, 2.45) is 4.99 Å². The molecular weight excluding hydrogens is 312 g/mol. The van der Waals surface area contributed by atoms with Crippen LogP contribution in [0.2, 0.25) is 0 Å². The Morgan fingerprint density at radius 2 is 1.74 bits per heavy atom. The lowest BCUT2D eigenvalue weighted by Crippen LogP contribution is -2.16. The molecule has 0 fully saturated rings. The zero-order valence-electron chi connectivity index (χ0n) is 13.0. The summed E-state index contributed by atoms with van der Waals surface area (Å²) >= 11 is 0. The Labute approximate surface area is 136 Å². The molecule has 0 aromatic heterocycles. The number of anilines is 1. The molecule has 0 atom stereocenters. The molecule has 2 aromatic carbocycles. The van der Waals surface area contributed by atoms with E-state index in [2.05, 4.69) is 9.71 Å². The molecule has 1 N–H and O–H groups in total. The van der Waals surface area contributed by atoms with Crippen LogP contribution in [0.15, 0.2) is 52.4 Å². The Kier molecular flexibility index (Phi) is 4.09. The minimum atomic E-state index is -3.66. The molecule has 3 rings (SSSR count). The van der Waals surface area contributed by atoms with Crippen LogP contribution in [0.4, 0.5) is 5.69 Å². The van der Waals surface area contributed by atoms with Crippen LogP contribution in [-0.2, 0) is 14.8 Å². The van der Waals surface area contributed by atoms with Crippen LogP contribution in [0.3, 0.4) is 0 Å². The summed E-state index contributed by atoms with van der Waals surface area (Å²) in [6.07, 6.45) is 0. The van der Waals surface area contributed by atoms with Gasteiger partial charge in [0, 0.05) is 0 Å². The second kappa shape index (κ2) is 6.04. The molecule has 0 saturated heterocycles. The van der Waals surface area contributed by atoms with Crippen molar-refractivity contribution in [1.29, 1.82) is 0 Å². The van der Waals surface area contributed by atoms with Gasteiger partial charge in [0.15, 0.2) is 0 Å². The van der Waals surface area contributed by atoms with E-state index in [0.717, 1.165) is 11.1 Å². The zero-order chi connectivity index (χ0) is 16.4. The van der Waals surface area contributed by atoms with Crippen molar-refractivity contribution in [2.75, 3.05) is 17.9 Å². The van der Waals surface area contributed by atoms with Crippen molar-refractivity contribution in [3.63, 3.8) is 0 Å². The molecule has 23 heavy (non-hydrogen) atoms. The summed E-state index contributed by atoms with van der Waals surface area (Å²) in [4.78, 5) is 4.50. The third-order valence-electron chi connectivity index (χ3n) is 3.57. The summed E-state index contributed by atoms with van der Waals surface area (Å²) in [5.41, 5.74) is 3.10.